The van der Waals surface area contributed by atoms with E-state index in [1.54, 1.807) is 42.9 Å². The number of ether oxygens (including phenoxy) is 2. The van der Waals surface area contributed by atoms with Crippen LogP contribution in [0.1, 0.15) is 34.7 Å². The van der Waals surface area contributed by atoms with Crippen LogP contribution in [0.15, 0.2) is 54.7 Å². The topological polar surface area (TPSA) is 86.6 Å². The number of aryl methyl sites for hydroxylation is 1. The number of rotatable bonds is 7. The minimum atomic E-state index is -1.05. The Bertz CT molecular complexity index is 1050. The second kappa shape index (κ2) is 9.41. The molecule has 3 aromatic rings. The molecule has 3 rings (SSSR count). The average molecular weight is 426 g/mol. The molecule has 0 saturated heterocycles. The molecule has 1 unspecified atom stereocenters. The summed E-state index contributed by atoms with van der Waals surface area (Å²) in [5.41, 5.74) is 1.51. The molecule has 0 aliphatic heterocycles. The summed E-state index contributed by atoms with van der Waals surface area (Å²) in [5, 5.41) is 3.05. The zero-order valence-electron chi connectivity index (χ0n) is 16.9. The number of anilines is 1. The van der Waals surface area contributed by atoms with Crippen molar-refractivity contribution in [1.82, 2.24) is 4.57 Å². The highest BCUT2D eigenvalue weighted by Crippen LogP contribution is 2.36. The fourth-order valence-corrected chi connectivity index (χ4v) is 3.80. The van der Waals surface area contributed by atoms with Crippen LogP contribution in [0.2, 0.25) is 0 Å². The molecule has 0 saturated carbocycles. The van der Waals surface area contributed by atoms with E-state index in [-0.39, 0.29) is 12.2 Å². The Morgan fingerprint density at radius 2 is 1.83 bits per heavy atom. The van der Waals surface area contributed by atoms with Crippen LogP contribution in [0.4, 0.5) is 5.00 Å². The lowest BCUT2D eigenvalue weighted by atomic mass is 10.1. The van der Waals surface area contributed by atoms with Crippen molar-refractivity contribution in [1.29, 1.82) is 0 Å². The molecule has 0 bridgehead atoms. The standard InChI is InChI=1S/C22H22N2O5S/c1-4-28-21(26)16-13-18(15-9-6-5-7-10-15)30-20(16)23-19(25)14(2)29-22(27)17-11-8-12-24(17)3/h5-14H,4H2,1-3H3,(H,23,25). The number of nitrogens with one attached hydrogen (secondary N) is 1. The zero-order valence-corrected chi connectivity index (χ0v) is 17.7. The lowest BCUT2D eigenvalue weighted by Crippen LogP contribution is -2.30. The molecule has 1 N–H and O–H groups in total. The van der Waals surface area contributed by atoms with Gasteiger partial charge in [-0.25, -0.2) is 9.59 Å². The number of carbonyl (C=O) groups excluding carboxylic acids is 3. The minimum Gasteiger partial charge on any atom is -0.462 e. The highest BCUT2D eigenvalue weighted by atomic mass is 32.1. The second-order valence-corrected chi connectivity index (χ2v) is 7.53. The summed E-state index contributed by atoms with van der Waals surface area (Å²) in [6.45, 7) is 3.41. The summed E-state index contributed by atoms with van der Waals surface area (Å²) in [5.74, 6) is -1.67. The summed E-state index contributed by atoms with van der Waals surface area (Å²) < 4.78 is 12.0. The second-order valence-electron chi connectivity index (χ2n) is 6.48. The fraction of sp³-hybridized carbons (Fsp3) is 0.227. The summed E-state index contributed by atoms with van der Waals surface area (Å²) in [4.78, 5) is 38.1. The van der Waals surface area contributed by atoms with Crippen LogP contribution < -0.4 is 5.32 Å². The zero-order chi connectivity index (χ0) is 21.7. The van der Waals surface area contributed by atoms with Crippen LogP contribution in [-0.4, -0.2) is 35.1 Å². The Hall–Kier alpha value is -3.39. The molecule has 0 aliphatic carbocycles. The number of amides is 1. The van der Waals surface area contributed by atoms with Gasteiger partial charge in [-0.2, -0.15) is 0 Å². The lowest BCUT2D eigenvalue weighted by Gasteiger charge is -2.13. The van der Waals surface area contributed by atoms with Gasteiger partial charge in [0.2, 0.25) is 0 Å². The largest absolute Gasteiger partial charge is 0.462 e. The van der Waals surface area contributed by atoms with Crippen LogP contribution in [0.5, 0.6) is 0 Å². The van der Waals surface area contributed by atoms with E-state index in [4.69, 9.17) is 9.47 Å². The number of carbonyl (C=O) groups is 3. The van der Waals surface area contributed by atoms with Crippen LogP contribution in [0.25, 0.3) is 10.4 Å². The first-order chi connectivity index (χ1) is 14.4. The molecule has 1 aromatic carbocycles. The van der Waals surface area contributed by atoms with Gasteiger partial charge in [0.15, 0.2) is 6.10 Å². The quantitative estimate of drug-likeness (QED) is 0.575. The van der Waals surface area contributed by atoms with Gasteiger partial charge in [-0.15, -0.1) is 11.3 Å². The predicted molar refractivity (Wildman–Crippen MR) is 115 cm³/mol. The maximum absolute atomic E-state index is 12.6. The van der Waals surface area contributed by atoms with Gasteiger partial charge in [0.1, 0.15) is 10.7 Å². The number of hydrogen-bond acceptors (Lipinski definition) is 6. The van der Waals surface area contributed by atoms with Crippen molar-refractivity contribution >= 4 is 34.2 Å². The van der Waals surface area contributed by atoms with Crippen LogP contribution in [0, 0.1) is 0 Å². The maximum atomic E-state index is 12.6. The molecule has 1 amide bonds. The van der Waals surface area contributed by atoms with Crippen molar-refractivity contribution in [2.75, 3.05) is 11.9 Å². The van der Waals surface area contributed by atoms with E-state index in [0.717, 1.165) is 10.4 Å². The summed E-state index contributed by atoms with van der Waals surface area (Å²) in [6, 6.07) is 14.5. The lowest BCUT2D eigenvalue weighted by molar-refractivity contribution is -0.123. The monoisotopic (exact) mass is 426 g/mol. The highest BCUT2D eigenvalue weighted by molar-refractivity contribution is 7.20. The van der Waals surface area contributed by atoms with Gasteiger partial charge in [0.05, 0.1) is 12.2 Å². The molecule has 156 valence electrons. The van der Waals surface area contributed by atoms with Crippen LogP contribution >= 0.6 is 11.3 Å². The van der Waals surface area contributed by atoms with Gasteiger partial charge < -0.3 is 19.4 Å². The van der Waals surface area contributed by atoms with E-state index in [0.29, 0.717) is 10.7 Å². The van der Waals surface area contributed by atoms with Crippen LogP contribution in [0.3, 0.4) is 0 Å². The smallest absolute Gasteiger partial charge is 0.355 e. The summed E-state index contributed by atoms with van der Waals surface area (Å²) in [7, 11) is 1.71. The fourth-order valence-electron chi connectivity index (χ4n) is 2.75. The summed E-state index contributed by atoms with van der Waals surface area (Å²) >= 11 is 1.25. The highest BCUT2D eigenvalue weighted by Gasteiger charge is 2.24. The normalized spacial score (nSPS) is 11.6. The number of thiophene rings is 1. The van der Waals surface area contributed by atoms with Gasteiger partial charge >= 0.3 is 11.9 Å². The summed E-state index contributed by atoms with van der Waals surface area (Å²) in [6.07, 6.45) is 0.661. The molecule has 2 heterocycles. The van der Waals surface area contributed by atoms with Crippen molar-refractivity contribution in [2.45, 2.75) is 20.0 Å². The number of aromatic nitrogens is 1. The average Bonchev–Trinajstić information content (AvgIpc) is 3.35. The van der Waals surface area contributed by atoms with E-state index in [2.05, 4.69) is 5.32 Å². The third kappa shape index (κ3) is 4.77. The molecule has 0 spiro atoms. The molecule has 0 fully saturated rings. The number of nitrogens with zero attached hydrogens (tertiary/aromatic N) is 1. The molecule has 8 heteroatoms. The van der Waals surface area contributed by atoms with E-state index in [1.165, 1.54) is 18.3 Å². The first-order valence-electron chi connectivity index (χ1n) is 9.40. The molecule has 2 aromatic heterocycles. The number of esters is 2. The number of benzene rings is 1. The van der Waals surface area contributed by atoms with E-state index >= 15 is 0 Å². The third-order valence-electron chi connectivity index (χ3n) is 4.33. The van der Waals surface area contributed by atoms with Crippen molar-refractivity contribution in [2.24, 2.45) is 7.05 Å². The van der Waals surface area contributed by atoms with Gasteiger partial charge in [-0.05, 0) is 37.6 Å². The Labute approximate surface area is 178 Å². The van der Waals surface area contributed by atoms with Crippen LogP contribution in [-0.2, 0) is 21.3 Å². The van der Waals surface area contributed by atoms with Crippen molar-refractivity contribution in [3.05, 3.63) is 66.0 Å². The molecule has 0 radical (unpaired) electrons. The minimum absolute atomic E-state index is 0.216. The van der Waals surface area contributed by atoms with E-state index < -0.39 is 23.9 Å². The first-order valence-corrected chi connectivity index (χ1v) is 10.2. The first kappa shape index (κ1) is 21.3. The van der Waals surface area contributed by atoms with E-state index in [9.17, 15) is 14.4 Å². The molecule has 7 nitrogen and oxygen atoms in total. The van der Waals surface area contributed by atoms with Crippen molar-refractivity contribution in [3.8, 4) is 10.4 Å². The Morgan fingerprint density at radius 3 is 2.47 bits per heavy atom. The molecule has 30 heavy (non-hydrogen) atoms. The molecule has 0 aliphatic rings. The Balaban J connectivity index is 1.79. The van der Waals surface area contributed by atoms with Crippen molar-refractivity contribution in [3.63, 3.8) is 0 Å². The number of hydrogen-bond donors (Lipinski definition) is 1. The van der Waals surface area contributed by atoms with Gasteiger partial charge in [0.25, 0.3) is 5.91 Å². The molecular formula is C22H22N2O5S. The van der Waals surface area contributed by atoms with Gasteiger partial charge in [-0.3, -0.25) is 4.79 Å². The predicted octanol–water partition coefficient (Wildman–Crippen LogP) is 4.11. The van der Waals surface area contributed by atoms with Crippen molar-refractivity contribution < 1.29 is 23.9 Å². The molecule has 1 atom stereocenters. The van der Waals surface area contributed by atoms with Gasteiger partial charge in [-0.1, -0.05) is 30.3 Å². The third-order valence-corrected chi connectivity index (χ3v) is 5.43. The Morgan fingerprint density at radius 1 is 1.10 bits per heavy atom. The SMILES string of the molecule is CCOC(=O)c1cc(-c2ccccc2)sc1NC(=O)C(C)OC(=O)c1cccn1C. The van der Waals surface area contributed by atoms with E-state index in [1.807, 2.05) is 30.3 Å². The molecular weight excluding hydrogens is 404 g/mol. The van der Waals surface area contributed by atoms with Gasteiger partial charge in [0, 0.05) is 18.1 Å². The maximum Gasteiger partial charge on any atom is 0.355 e. The Kier molecular flexibility index (Phi) is 6.68.